The lowest BCUT2D eigenvalue weighted by Gasteiger charge is -2.26. The van der Waals surface area contributed by atoms with E-state index in [1.807, 2.05) is 0 Å². The molecule has 1 fully saturated rings. The number of nitrogens with zero attached hydrogens (tertiary/aromatic N) is 4. The summed E-state index contributed by atoms with van der Waals surface area (Å²) in [5.74, 6) is 1.67. The molecule has 0 unspecified atom stereocenters. The molecule has 11 nitrogen and oxygen atoms in total. The fraction of sp³-hybridized carbons (Fsp3) is 0.632. The van der Waals surface area contributed by atoms with Crippen LogP contribution in [0.1, 0.15) is 50.1 Å². The fourth-order valence-corrected chi connectivity index (χ4v) is 2.87. The SMILES string of the molecule is C#CCN(CCNC(=O)c1nn(C2CCOCC2)cc1[N+](=O)[O-])C(=O)OC(C)(C)C. The molecule has 0 aromatic carbocycles. The lowest BCUT2D eigenvalue weighted by Crippen LogP contribution is -2.41. The van der Waals surface area contributed by atoms with E-state index in [1.54, 1.807) is 20.8 Å². The molecule has 2 amide bonds. The minimum Gasteiger partial charge on any atom is -0.444 e. The molecular formula is C19H27N5O6. The summed E-state index contributed by atoms with van der Waals surface area (Å²) in [5.41, 5.74) is -1.33. The summed E-state index contributed by atoms with van der Waals surface area (Å²) < 4.78 is 12.0. The van der Waals surface area contributed by atoms with Gasteiger partial charge in [0.25, 0.3) is 5.91 Å². The third-order valence-corrected chi connectivity index (χ3v) is 4.29. The highest BCUT2D eigenvalue weighted by molar-refractivity contribution is 5.96. The number of ether oxygens (including phenoxy) is 2. The summed E-state index contributed by atoms with van der Waals surface area (Å²) in [6, 6.07) is -0.0581. The largest absolute Gasteiger partial charge is 0.444 e. The van der Waals surface area contributed by atoms with Crippen molar-refractivity contribution in [3.05, 3.63) is 22.0 Å². The highest BCUT2D eigenvalue weighted by atomic mass is 16.6. The molecule has 1 saturated heterocycles. The van der Waals surface area contributed by atoms with Crippen molar-refractivity contribution in [2.75, 3.05) is 32.8 Å². The molecule has 0 bridgehead atoms. The standard InChI is InChI=1S/C19H27N5O6/c1-5-9-22(18(26)30-19(2,3)4)10-8-20-17(25)16-15(24(27)28)13-23(21-16)14-6-11-29-12-7-14/h1,13-14H,6-12H2,2-4H3,(H,20,25). The second kappa shape index (κ2) is 10.1. The van der Waals surface area contributed by atoms with Crippen LogP contribution in [-0.2, 0) is 9.47 Å². The van der Waals surface area contributed by atoms with Crippen LogP contribution < -0.4 is 5.32 Å². The van der Waals surface area contributed by atoms with Crippen molar-refractivity contribution in [2.45, 2.75) is 45.3 Å². The molecule has 2 heterocycles. The van der Waals surface area contributed by atoms with Crippen LogP contribution in [0.25, 0.3) is 0 Å². The molecular weight excluding hydrogens is 394 g/mol. The molecule has 164 valence electrons. The number of rotatable bonds is 7. The quantitative estimate of drug-likeness (QED) is 0.403. The molecule has 0 atom stereocenters. The second-order valence-corrected chi connectivity index (χ2v) is 7.81. The van der Waals surface area contributed by atoms with E-state index < -0.39 is 22.5 Å². The van der Waals surface area contributed by atoms with Gasteiger partial charge in [0.05, 0.1) is 17.5 Å². The zero-order valence-corrected chi connectivity index (χ0v) is 17.4. The third-order valence-electron chi connectivity index (χ3n) is 4.29. The summed E-state index contributed by atoms with van der Waals surface area (Å²) in [5, 5.41) is 18.1. The monoisotopic (exact) mass is 421 g/mol. The zero-order valence-electron chi connectivity index (χ0n) is 17.4. The topological polar surface area (TPSA) is 129 Å². The fourth-order valence-electron chi connectivity index (χ4n) is 2.87. The Labute approximate surface area is 174 Å². The van der Waals surface area contributed by atoms with Crippen LogP contribution in [0.3, 0.4) is 0 Å². The highest BCUT2D eigenvalue weighted by Crippen LogP contribution is 2.25. The second-order valence-electron chi connectivity index (χ2n) is 7.81. The van der Waals surface area contributed by atoms with Gasteiger partial charge in [0.15, 0.2) is 0 Å². The van der Waals surface area contributed by atoms with E-state index in [2.05, 4.69) is 16.3 Å². The van der Waals surface area contributed by atoms with Crippen LogP contribution in [-0.4, -0.2) is 70.1 Å². The van der Waals surface area contributed by atoms with Crippen LogP contribution in [0, 0.1) is 22.5 Å². The van der Waals surface area contributed by atoms with Crippen molar-refractivity contribution < 1.29 is 24.0 Å². The van der Waals surface area contributed by atoms with Gasteiger partial charge in [0.2, 0.25) is 5.69 Å². The van der Waals surface area contributed by atoms with E-state index in [0.29, 0.717) is 26.1 Å². The molecule has 1 N–H and O–H groups in total. The Morgan fingerprint density at radius 1 is 1.47 bits per heavy atom. The summed E-state index contributed by atoms with van der Waals surface area (Å²) in [4.78, 5) is 36.7. The van der Waals surface area contributed by atoms with Crippen molar-refractivity contribution in [1.29, 1.82) is 0 Å². The molecule has 2 rings (SSSR count). The minimum absolute atomic E-state index is 0.00328. The van der Waals surface area contributed by atoms with Crippen LogP contribution in [0.15, 0.2) is 6.20 Å². The number of carbonyl (C=O) groups is 2. The van der Waals surface area contributed by atoms with Crippen molar-refractivity contribution >= 4 is 17.7 Å². The minimum atomic E-state index is -0.697. The van der Waals surface area contributed by atoms with Crippen molar-refractivity contribution in [2.24, 2.45) is 0 Å². The first-order valence-corrected chi connectivity index (χ1v) is 9.63. The zero-order chi connectivity index (χ0) is 22.3. The number of carbonyl (C=O) groups excluding carboxylic acids is 2. The molecule has 1 aromatic heterocycles. The van der Waals surface area contributed by atoms with Gasteiger partial charge in [-0.25, -0.2) is 4.79 Å². The summed E-state index contributed by atoms with van der Waals surface area (Å²) >= 11 is 0. The van der Waals surface area contributed by atoms with E-state index in [1.165, 1.54) is 15.8 Å². The van der Waals surface area contributed by atoms with E-state index >= 15 is 0 Å². The van der Waals surface area contributed by atoms with E-state index in [-0.39, 0.29) is 37.1 Å². The molecule has 11 heteroatoms. The van der Waals surface area contributed by atoms with Crippen molar-refractivity contribution in [3.63, 3.8) is 0 Å². The number of amides is 2. The average molecular weight is 421 g/mol. The van der Waals surface area contributed by atoms with Gasteiger partial charge < -0.3 is 14.8 Å². The third kappa shape index (κ3) is 6.45. The van der Waals surface area contributed by atoms with Gasteiger partial charge >= 0.3 is 11.8 Å². The number of hydrogen-bond acceptors (Lipinski definition) is 7. The number of nitrogens with one attached hydrogen (secondary N) is 1. The van der Waals surface area contributed by atoms with E-state index in [4.69, 9.17) is 15.9 Å². The molecule has 1 aliphatic heterocycles. The first-order valence-electron chi connectivity index (χ1n) is 9.63. The first kappa shape index (κ1) is 23.2. The predicted molar refractivity (Wildman–Crippen MR) is 107 cm³/mol. The Bertz CT molecular complexity index is 816. The molecule has 0 aliphatic carbocycles. The predicted octanol–water partition coefficient (Wildman–Crippen LogP) is 1.74. The summed E-state index contributed by atoms with van der Waals surface area (Å²) in [6.07, 6.45) is 7.29. The maximum atomic E-state index is 12.5. The summed E-state index contributed by atoms with van der Waals surface area (Å²) in [6.45, 7) is 6.38. The molecule has 30 heavy (non-hydrogen) atoms. The molecule has 1 aromatic rings. The van der Waals surface area contributed by atoms with Gasteiger partial charge in [-0.05, 0) is 33.6 Å². The Kier molecular flexibility index (Phi) is 7.77. The number of aromatic nitrogens is 2. The highest BCUT2D eigenvalue weighted by Gasteiger charge is 2.29. The smallest absolute Gasteiger partial charge is 0.411 e. The van der Waals surface area contributed by atoms with E-state index in [9.17, 15) is 19.7 Å². The van der Waals surface area contributed by atoms with Gasteiger partial charge in [-0.15, -0.1) is 6.42 Å². The normalized spacial score (nSPS) is 14.6. The van der Waals surface area contributed by atoms with E-state index in [0.717, 1.165) is 0 Å². The van der Waals surface area contributed by atoms with Crippen molar-refractivity contribution in [3.8, 4) is 12.3 Å². The maximum absolute atomic E-state index is 12.5. The lowest BCUT2D eigenvalue weighted by molar-refractivity contribution is -0.385. The average Bonchev–Trinajstić information content (AvgIpc) is 3.12. The first-order chi connectivity index (χ1) is 14.1. The van der Waals surface area contributed by atoms with Gasteiger partial charge in [-0.3, -0.25) is 24.5 Å². The summed E-state index contributed by atoms with van der Waals surface area (Å²) in [7, 11) is 0. The van der Waals surface area contributed by atoms with Crippen LogP contribution in [0.2, 0.25) is 0 Å². The maximum Gasteiger partial charge on any atom is 0.411 e. The Balaban J connectivity index is 2.02. The molecule has 0 saturated carbocycles. The number of nitro groups is 1. The van der Waals surface area contributed by atoms with Gasteiger partial charge in [-0.1, -0.05) is 5.92 Å². The Morgan fingerprint density at radius 3 is 2.70 bits per heavy atom. The Hall–Kier alpha value is -3.13. The molecule has 1 aliphatic rings. The van der Waals surface area contributed by atoms with Crippen LogP contribution in [0.4, 0.5) is 10.5 Å². The molecule has 0 spiro atoms. The van der Waals surface area contributed by atoms with Gasteiger partial charge in [0, 0.05) is 26.3 Å². The van der Waals surface area contributed by atoms with Gasteiger partial charge in [0.1, 0.15) is 11.8 Å². The number of hydrogen-bond donors (Lipinski definition) is 1. The van der Waals surface area contributed by atoms with Crippen LogP contribution >= 0.6 is 0 Å². The Morgan fingerprint density at radius 2 is 2.13 bits per heavy atom. The van der Waals surface area contributed by atoms with Crippen molar-refractivity contribution in [1.82, 2.24) is 20.0 Å². The van der Waals surface area contributed by atoms with Crippen LogP contribution in [0.5, 0.6) is 0 Å². The van der Waals surface area contributed by atoms with Gasteiger partial charge in [-0.2, -0.15) is 5.10 Å². The molecule has 0 radical (unpaired) electrons. The lowest BCUT2D eigenvalue weighted by atomic mass is 10.1. The number of terminal acetylenes is 1.